The van der Waals surface area contributed by atoms with Gasteiger partial charge in [-0.3, -0.25) is 5.26 Å². The Morgan fingerprint density at radius 1 is 1.33 bits per heavy atom. The first-order chi connectivity index (χ1) is 5.75. The van der Waals surface area contributed by atoms with Crippen LogP contribution in [0, 0.1) is 0 Å². The lowest BCUT2D eigenvalue weighted by Crippen LogP contribution is -1.97. The van der Waals surface area contributed by atoms with Crippen LogP contribution in [0.2, 0.25) is 0 Å². The molecule has 0 amide bonds. The predicted octanol–water partition coefficient (Wildman–Crippen LogP) is 2.80. The van der Waals surface area contributed by atoms with E-state index in [9.17, 15) is 0 Å². The minimum atomic E-state index is 0.272. The fourth-order valence-electron chi connectivity index (χ4n) is 1.30. The molecule has 12 heavy (non-hydrogen) atoms. The summed E-state index contributed by atoms with van der Waals surface area (Å²) in [5.41, 5.74) is 2.28. The largest absolute Gasteiger partial charge is 0.251 e. The summed E-state index contributed by atoms with van der Waals surface area (Å²) in [6.07, 6.45) is 0. The summed E-state index contributed by atoms with van der Waals surface area (Å²) in [5.74, 6) is 0.469. The molecule has 0 unspecified atom stereocenters. The third-order valence-electron chi connectivity index (χ3n) is 1.90. The molecule has 1 rings (SSSR count). The van der Waals surface area contributed by atoms with Crippen LogP contribution in [0.25, 0.3) is 0 Å². The molecule has 0 bridgehead atoms. The van der Waals surface area contributed by atoms with Crippen LogP contribution in [-0.2, 0) is 11.5 Å². The Kier molecular flexibility index (Phi) is 3.26. The molecule has 1 aromatic rings. The molecular formula is C10H14O2. The van der Waals surface area contributed by atoms with Crippen molar-refractivity contribution in [2.24, 2.45) is 0 Å². The highest BCUT2D eigenvalue weighted by molar-refractivity contribution is 5.28. The molecule has 0 fully saturated rings. The molecule has 0 aliphatic carbocycles. The van der Waals surface area contributed by atoms with E-state index in [0.717, 1.165) is 5.56 Å². The van der Waals surface area contributed by atoms with Crippen molar-refractivity contribution in [3.8, 4) is 0 Å². The minimum Gasteiger partial charge on any atom is -0.251 e. The van der Waals surface area contributed by atoms with Crippen LogP contribution in [0.5, 0.6) is 0 Å². The third-order valence-corrected chi connectivity index (χ3v) is 1.90. The second kappa shape index (κ2) is 4.24. The van der Waals surface area contributed by atoms with Crippen molar-refractivity contribution in [3.63, 3.8) is 0 Å². The molecule has 0 saturated carbocycles. The van der Waals surface area contributed by atoms with Gasteiger partial charge in [0.25, 0.3) is 0 Å². The average Bonchev–Trinajstić information content (AvgIpc) is 2.05. The lowest BCUT2D eigenvalue weighted by molar-refractivity contribution is -0.253. The SMILES string of the molecule is CC(C)c1ccccc1COO. The fourth-order valence-corrected chi connectivity index (χ4v) is 1.30. The van der Waals surface area contributed by atoms with E-state index < -0.39 is 0 Å². The summed E-state index contributed by atoms with van der Waals surface area (Å²) < 4.78 is 0. The Bertz CT molecular complexity index is 243. The van der Waals surface area contributed by atoms with Gasteiger partial charge in [0.15, 0.2) is 0 Å². The summed E-state index contributed by atoms with van der Waals surface area (Å²) in [6.45, 7) is 4.51. The van der Waals surface area contributed by atoms with Gasteiger partial charge in [-0.15, -0.1) is 0 Å². The molecule has 0 saturated heterocycles. The molecule has 1 N–H and O–H groups in total. The fraction of sp³-hybridized carbons (Fsp3) is 0.400. The van der Waals surface area contributed by atoms with Crippen molar-refractivity contribution < 1.29 is 10.1 Å². The van der Waals surface area contributed by atoms with Gasteiger partial charge in [-0.2, -0.15) is 0 Å². The van der Waals surface area contributed by atoms with Crippen LogP contribution in [0.3, 0.4) is 0 Å². The van der Waals surface area contributed by atoms with Crippen LogP contribution in [0.15, 0.2) is 24.3 Å². The van der Waals surface area contributed by atoms with Crippen molar-refractivity contribution in [3.05, 3.63) is 35.4 Å². The van der Waals surface area contributed by atoms with Crippen LogP contribution in [0.4, 0.5) is 0 Å². The van der Waals surface area contributed by atoms with E-state index in [2.05, 4.69) is 24.8 Å². The van der Waals surface area contributed by atoms with Gasteiger partial charge in [-0.1, -0.05) is 38.1 Å². The van der Waals surface area contributed by atoms with Crippen molar-refractivity contribution in [2.75, 3.05) is 0 Å². The molecule has 2 heteroatoms. The average molecular weight is 166 g/mol. The summed E-state index contributed by atoms with van der Waals surface area (Å²) in [5, 5.41) is 8.33. The minimum absolute atomic E-state index is 0.272. The van der Waals surface area contributed by atoms with E-state index in [-0.39, 0.29) is 6.61 Å². The highest BCUT2D eigenvalue weighted by Gasteiger charge is 2.04. The second-order valence-corrected chi connectivity index (χ2v) is 3.13. The Hall–Kier alpha value is -0.860. The molecule has 66 valence electrons. The maximum atomic E-state index is 8.33. The molecular weight excluding hydrogens is 152 g/mol. The van der Waals surface area contributed by atoms with Crippen molar-refractivity contribution in [1.29, 1.82) is 0 Å². The molecule has 0 aromatic heterocycles. The Balaban J connectivity index is 2.92. The molecule has 0 heterocycles. The molecule has 0 spiro atoms. The zero-order valence-electron chi connectivity index (χ0n) is 7.45. The molecule has 1 aromatic carbocycles. The van der Waals surface area contributed by atoms with Gasteiger partial charge in [0.2, 0.25) is 0 Å². The van der Waals surface area contributed by atoms with E-state index in [1.807, 2.05) is 18.2 Å². The Labute approximate surface area is 72.7 Å². The van der Waals surface area contributed by atoms with E-state index >= 15 is 0 Å². The van der Waals surface area contributed by atoms with Gasteiger partial charge in [-0.25, -0.2) is 4.89 Å². The maximum absolute atomic E-state index is 8.33. The van der Waals surface area contributed by atoms with Gasteiger partial charge in [0, 0.05) is 0 Å². The van der Waals surface area contributed by atoms with Crippen LogP contribution < -0.4 is 0 Å². The quantitative estimate of drug-likeness (QED) is 0.552. The smallest absolute Gasteiger partial charge is 0.107 e. The highest BCUT2D eigenvalue weighted by atomic mass is 17.1. The Morgan fingerprint density at radius 2 is 2.00 bits per heavy atom. The Morgan fingerprint density at radius 3 is 2.58 bits per heavy atom. The van der Waals surface area contributed by atoms with Crippen molar-refractivity contribution >= 4 is 0 Å². The molecule has 0 aliphatic rings. The van der Waals surface area contributed by atoms with E-state index in [0.29, 0.717) is 5.92 Å². The summed E-state index contributed by atoms with van der Waals surface area (Å²) in [7, 11) is 0. The van der Waals surface area contributed by atoms with Gasteiger partial charge in [0.1, 0.15) is 6.61 Å². The number of benzene rings is 1. The number of rotatable bonds is 3. The van der Waals surface area contributed by atoms with Crippen LogP contribution in [-0.4, -0.2) is 5.26 Å². The predicted molar refractivity (Wildman–Crippen MR) is 47.9 cm³/mol. The second-order valence-electron chi connectivity index (χ2n) is 3.13. The molecule has 0 aliphatic heterocycles. The maximum Gasteiger partial charge on any atom is 0.107 e. The number of hydrogen-bond acceptors (Lipinski definition) is 2. The first kappa shape index (κ1) is 9.23. The molecule has 2 nitrogen and oxygen atoms in total. The molecule has 0 atom stereocenters. The lowest BCUT2D eigenvalue weighted by atomic mass is 9.98. The normalized spacial score (nSPS) is 10.7. The van der Waals surface area contributed by atoms with Crippen molar-refractivity contribution in [1.82, 2.24) is 0 Å². The third kappa shape index (κ3) is 2.06. The summed E-state index contributed by atoms with van der Waals surface area (Å²) in [6, 6.07) is 7.96. The summed E-state index contributed by atoms with van der Waals surface area (Å²) >= 11 is 0. The first-order valence-corrected chi connectivity index (χ1v) is 4.10. The van der Waals surface area contributed by atoms with Crippen LogP contribution >= 0.6 is 0 Å². The zero-order chi connectivity index (χ0) is 8.97. The molecule has 0 radical (unpaired) electrons. The highest BCUT2D eigenvalue weighted by Crippen LogP contribution is 2.19. The monoisotopic (exact) mass is 166 g/mol. The first-order valence-electron chi connectivity index (χ1n) is 4.10. The van der Waals surface area contributed by atoms with E-state index in [1.54, 1.807) is 0 Å². The number of hydrogen-bond donors (Lipinski definition) is 1. The van der Waals surface area contributed by atoms with Gasteiger partial charge in [0.05, 0.1) is 0 Å². The van der Waals surface area contributed by atoms with Gasteiger partial charge < -0.3 is 0 Å². The van der Waals surface area contributed by atoms with Crippen molar-refractivity contribution in [2.45, 2.75) is 26.4 Å². The zero-order valence-corrected chi connectivity index (χ0v) is 7.45. The van der Waals surface area contributed by atoms with Gasteiger partial charge >= 0.3 is 0 Å². The van der Waals surface area contributed by atoms with Gasteiger partial charge in [-0.05, 0) is 17.0 Å². The lowest BCUT2D eigenvalue weighted by Gasteiger charge is -2.10. The standard InChI is InChI=1S/C10H14O2/c1-8(2)10-6-4-3-5-9(10)7-12-11/h3-6,8,11H,7H2,1-2H3. The topological polar surface area (TPSA) is 29.5 Å². The van der Waals surface area contributed by atoms with Crippen LogP contribution in [0.1, 0.15) is 30.9 Å². The summed E-state index contributed by atoms with van der Waals surface area (Å²) in [4.78, 5) is 4.12. The van der Waals surface area contributed by atoms with E-state index in [4.69, 9.17) is 5.26 Å². The van der Waals surface area contributed by atoms with E-state index in [1.165, 1.54) is 5.56 Å².